The van der Waals surface area contributed by atoms with Gasteiger partial charge in [-0.3, -0.25) is 0 Å². The van der Waals surface area contributed by atoms with E-state index in [4.69, 9.17) is 0 Å². The molecule has 0 spiro atoms. The quantitative estimate of drug-likeness (QED) is 0.830. The standard InChI is InChI=1S/C15H19N5S/c1-16-13-11(3-2-8-17-13)9-21-15-19-18-14(10-4-5-10)20(15)12-6-7-12/h2-3,8,10,12H,4-7,9H2,1H3,(H,16,17). The van der Waals surface area contributed by atoms with Crippen molar-refractivity contribution in [2.24, 2.45) is 0 Å². The predicted octanol–water partition coefficient (Wildman–Crippen LogP) is 3.22. The molecule has 0 aromatic carbocycles. The van der Waals surface area contributed by atoms with Crippen LogP contribution in [-0.4, -0.2) is 26.8 Å². The summed E-state index contributed by atoms with van der Waals surface area (Å²) in [6.45, 7) is 0. The number of hydrogen-bond donors (Lipinski definition) is 1. The molecule has 4 rings (SSSR count). The zero-order valence-corrected chi connectivity index (χ0v) is 12.9. The zero-order chi connectivity index (χ0) is 14.2. The first kappa shape index (κ1) is 13.1. The van der Waals surface area contributed by atoms with Crippen LogP contribution in [0.25, 0.3) is 0 Å². The summed E-state index contributed by atoms with van der Waals surface area (Å²) in [5.41, 5.74) is 1.21. The van der Waals surface area contributed by atoms with Crippen molar-refractivity contribution in [1.82, 2.24) is 19.7 Å². The molecule has 0 radical (unpaired) electrons. The summed E-state index contributed by atoms with van der Waals surface area (Å²) in [5, 5.41) is 13.1. The molecule has 5 nitrogen and oxygen atoms in total. The number of pyridine rings is 1. The van der Waals surface area contributed by atoms with E-state index < -0.39 is 0 Å². The van der Waals surface area contributed by atoms with Crippen molar-refractivity contribution in [2.45, 2.75) is 48.6 Å². The first-order valence-electron chi connectivity index (χ1n) is 7.56. The van der Waals surface area contributed by atoms with E-state index in [1.54, 1.807) is 11.8 Å². The minimum absolute atomic E-state index is 0.649. The highest BCUT2D eigenvalue weighted by molar-refractivity contribution is 7.98. The van der Waals surface area contributed by atoms with Gasteiger partial charge in [-0.05, 0) is 31.7 Å². The fourth-order valence-corrected chi connectivity index (χ4v) is 3.60. The van der Waals surface area contributed by atoms with E-state index in [0.717, 1.165) is 16.7 Å². The van der Waals surface area contributed by atoms with Gasteiger partial charge < -0.3 is 9.88 Å². The Kier molecular flexibility index (Phi) is 3.33. The Morgan fingerprint density at radius 1 is 1.29 bits per heavy atom. The average molecular weight is 301 g/mol. The molecule has 0 saturated heterocycles. The van der Waals surface area contributed by atoms with Crippen molar-refractivity contribution >= 4 is 17.6 Å². The number of nitrogens with zero attached hydrogens (tertiary/aromatic N) is 4. The normalized spacial score (nSPS) is 18.0. The molecule has 0 amide bonds. The first-order chi connectivity index (χ1) is 10.4. The summed E-state index contributed by atoms with van der Waals surface area (Å²) >= 11 is 1.77. The third kappa shape index (κ3) is 2.64. The highest BCUT2D eigenvalue weighted by Gasteiger charge is 2.36. The molecule has 2 aromatic heterocycles. The molecule has 0 atom stereocenters. The van der Waals surface area contributed by atoms with E-state index in [9.17, 15) is 0 Å². The van der Waals surface area contributed by atoms with Crippen LogP contribution in [0.2, 0.25) is 0 Å². The lowest BCUT2D eigenvalue weighted by molar-refractivity contribution is 0.627. The fourth-order valence-electron chi connectivity index (χ4n) is 2.61. The van der Waals surface area contributed by atoms with Gasteiger partial charge in [-0.15, -0.1) is 10.2 Å². The molecule has 2 heterocycles. The predicted molar refractivity (Wildman–Crippen MR) is 83.6 cm³/mol. The van der Waals surface area contributed by atoms with Crippen LogP contribution in [0.15, 0.2) is 23.5 Å². The number of aromatic nitrogens is 4. The second-order valence-corrected chi connectivity index (χ2v) is 6.71. The highest BCUT2D eigenvalue weighted by Crippen LogP contribution is 2.46. The summed E-state index contributed by atoms with van der Waals surface area (Å²) in [6, 6.07) is 4.75. The first-order valence-corrected chi connectivity index (χ1v) is 8.54. The molecule has 1 N–H and O–H groups in total. The van der Waals surface area contributed by atoms with Gasteiger partial charge in [0, 0.05) is 36.5 Å². The van der Waals surface area contributed by atoms with E-state index in [0.29, 0.717) is 12.0 Å². The van der Waals surface area contributed by atoms with Crippen molar-refractivity contribution in [3.63, 3.8) is 0 Å². The van der Waals surface area contributed by atoms with Gasteiger partial charge in [0.25, 0.3) is 0 Å². The molecule has 6 heteroatoms. The lowest BCUT2D eigenvalue weighted by atomic mass is 10.3. The molecule has 2 aromatic rings. The number of nitrogens with one attached hydrogen (secondary N) is 1. The van der Waals surface area contributed by atoms with Gasteiger partial charge in [-0.25, -0.2) is 4.98 Å². The largest absolute Gasteiger partial charge is 0.373 e. The molecule has 21 heavy (non-hydrogen) atoms. The lowest BCUT2D eigenvalue weighted by Crippen LogP contribution is -2.02. The summed E-state index contributed by atoms with van der Waals surface area (Å²) in [7, 11) is 1.91. The monoisotopic (exact) mass is 301 g/mol. The lowest BCUT2D eigenvalue weighted by Gasteiger charge is -2.09. The van der Waals surface area contributed by atoms with Crippen LogP contribution in [0.4, 0.5) is 5.82 Å². The van der Waals surface area contributed by atoms with Gasteiger partial charge in [0.1, 0.15) is 11.6 Å². The number of rotatable bonds is 6. The van der Waals surface area contributed by atoms with Gasteiger partial charge in [-0.2, -0.15) is 0 Å². The Morgan fingerprint density at radius 2 is 2.14 bits per heavy atom. The molecule has 2 fully saturated rings. The maximum absolute atomic E-state index is 4.46. The van der Waals surface area contributed by atoms with Crippen LogP contribution in [-0.2, 0) is 5.75 Å². The molecule has 0 aliphatic heterocycles. The van der Waals surface area contributed by atoms with Crippen LogP contribution in [0.5, 0.6) is 0 Å². The maximum Gasteiger partial charge on any atom is 0.191 e. The third-order valence-electron chi connectivity index (χ3n) is 4.03. The van der Waals surface area contributed by atoms with E-state index >= 15 is 0 Å². The maximum atomic E-state index is 4.46. The summed E-state index contributed by atoms with van der Waals surface area (Å²) in [4.78, 5) is 4.36. The van der Waals surface area contributed by atoms with Gasteiger partial charge in [0.05, 0.1) is 0 Å². The third-order valence-corrected chi connectivity index (χ3v) is 5.02. The fraction of sp³-hybridized carbons (Fsp3) is 0.533. The second kappa shape index (κ2) is 5.33. The molecular weight excluding hydrogens is 282 g/mol. The Hall–Kier alpha value is -1.56. The van der Waals surface area contributed by atoms with Crippen LogP contribution >= 0.6 is 11.8 Å². The van der Waals surface area contributed by atoms with E-state index in [-0.39, 0.29) is 0 Å². The van der Waals surface area contributed by atoms with E-state index in [2.05, 4.69) is 31.1 Å². The molecule has 110 valence electrons. The van der Waals surface area contributed by atoms with Gasteiger partial charge in [0.2, 0.25) is 0 Å². The Bertz CT molecular complexity index is 645. The van der Waals surface area contributed by atoms with Crippen molar-refractivity contribution in [3.8, 4) is 0 Å². The minimum atomic E-state index is 0.649. The van der Waals surface area contributed by atoms with Crippen LogP contribution < -0.4 is 5.32 Å². The van der Waals surface area contributed by atoms with Crippen LogP contribution in [0, 0.1) is 0 Å². The second-order valence-electron chi connectivity index (χ2n) is 5.77. The Morgan fingerprint density at radius 3 is 2.86 bits per heavy atom. The number of hydrogen-bond acceptors (Lipinski definition) is 5. The molecule has 2 aliphatic rings. The van der Waals surface area contributed by atoms with Gasteiger partial charge in [-0.1, -0.05) is 17.8 Å². The summed E-state index contributed by atoms with van der Waals surface area (Å²) in [6.07, 6.45) is 6.93. The van der Waals surface area contributed by atoms with Crippen molar-refractivity contribution in [3.05, 3.63) is 29.7 Å². The Labute approximate surface area is 128 Å². The molecule has 0 bridgehead atoms. The topological polar surface area (TPSA) is 55.6 Å². The SMILES string of the molecule is CNc1ncccc1CSc1nnc(C2CC2)n1C1CC1. The highest BCUT2D eigenvalue weighted by atomic mass is 32.2. The van der Waals surface area contributed by atoms with Gasteiger partial charge in [0.15, 0.2) is 5.16 Å². The van der Waals surface area contributed by atoms with E-state index in [1.165, 1.54) is 37.1 Å². The number of anilines is 1. The van der Waals surface area contributed by atoms with Gasteiger partial charge >= 0.3 is 0 Å². The van der Waals surface area contributed by atoms with Crippen molar-refractivity contribution in [2.75, 3.05) is 12.4 Å². The summed E-state index contributed by atoms with van der Waals surface area (Å²) in [5.74, 6) is 3.71. The molecule has 0 unspecified atom stereocenters. The molecular formula is C15H19N5S. The van der Waals surface area contributed by atoms with Crippen molar-refractivity contribution in [1.29, 1.82) is 0 Å². The molecule has 2 saturated carbocycles. The smallest absolute Gasteiger partial charge is 0.191 e. The number of thioether (sulfide) groups is 1. The Balaban J connectivity index is 1.54. The minimum Gasteiger partial charge on any atom is -0.373 e. The molecule has 2 aliphatic carbocycles. The van der Waals surface area contributed by atoms with Crippen LogP contribution in [0.3, 0.4) is 0 Å². The van der Waals surface area contributed by atoms with Crippen LogP contribution in [0.1, 0.15) is 49.0 Å². The van der Waals surface area contributed by atoms with E-state index in [1.807, 2.05) is 19.3 Å². The average Bonchev–Trinajstić information content (AvgIpc) is 3.44. The van der Waals surface area contributed by atoms with Crippen molar-refractivity contribution < 1.29 is 0 Å². The zero-order valence-electron chi connectivity index (χ0n) is 12.1. The summed E-state index contributed by atoms with van der Waals surface area (Å²) < 4.78 is 2.40.